The van der Waals surface area contributed by atoms with Gasteiger partial charge in [0.15, 0.2) is 5.78 Å². The molecule has 3 aromatic rings. The Hall–Kier alpha value is -2.13. The molecule has 0 N–H and O–H groups in total. The molecule has 1 aromatic heterocycles. The molecule has 0 unspecified atom stereocenters. The van der Waals surface area contributed by atoms with E-state index in [0.717, 1.165) is 17.1 Å². The van der Waals surface area contributed by atoms with Gasteiger partial charge in [0.1, 0.15) is 0 Å². The average Bonchev–Trinajstić information content (AvgIpc) is 3.06. The molecule has 2 aromatic carbocycles. The quantitative estimate of drug-likeness (QED) is 0.641. The second-order valence-corrected chi connectivity index (χ2v) is 5.86. The molecule has 0 atom stereocenters. The first-order chi connectivity index (χ1) is 10.3. The van der Waals surface area contributed by atoms with Crippen LogP contribution in [0.15, 0.2) is 60.0 Å². The third-order valence-corrected chi connectivity index (χ3v) is 4.53. The summed E-state index contributed by atoms with van der Waals surface area (Å²) in [7, 11) is 0. The molecule has 0 fully saturated rings. The first kappa shape index (κ1) is 13.8. The number of fused-ring (bicyclic) bond motifs is 1. The van der Waals surface area contributed by atoms with Crippen molar-refractivity contribution in [3.8, 4) is 0 Å². The molecule has 0 spiro atoms. The molecule has 0 aliphatic rings. The van der Waals surface area contributed by atoms with Crippen LogP contribution in [0.1, 0.15) is 16.6 Å². The first-order valence-corrected chi connectivity index (χ1v) is 7.97. The van der Waals surface area contributed by atoms with Crippen LogP contribution in [-0.2, 0) is 0 Å². The van der Waals surface area contributed by atoms with Crippen LogP contribution in [0.4, 0.5) is 5.69 Å². The van der Waals surface area contributed by atoms with Crippen LogP contribution in [0, 0.1) is 0 Å². The monoisotopic (exact) mass is 295 g/mol. The molecule has 2 nitrogen and oxygen atoms in total. The zero-order chi connectivity index (χ0) is 14.7. The number of carbonyl (C=O) groups is 1. The van der Waals surface area contributed by atoms with E-state index in [-0.39, 0.29) is 5.78 Å². The summed E-state index contributed by atoms with van der Waals surface area (Å²) in [6, 6.07) is 18.4. The standard InChI is InChI=1S/C18H17NOS/c1-2-19(13-17(20)18-11-6-12-21-18)16-10-5-8-14-7-3-4-9-15(14)16/h3-12H,2,13H2,1H3. The Labute approximate surface area is 128 Å². The molecule has 0 saturated carbocycles. The normalized spacial score (nSPS) is 10.7. The summed E-state index contributed by atoms with van der Waals surface area (Å²) < 4.78 is 0. The molecule has 21 heavy (non-hydrogen) atoms. The second-order valence-electron chi connectivity index (χ2n) is 4.91. The Bertz CT molecular complexity index is 744. The first-order valence-electron chi connectivity index (χ1n) is 7.09. The van der Waals surface area contributed by atoms with Gasteiger partial charge >= 0.3 is 0 Å². The minimum Gasteiger partial charge on any atom is -0.364 e. The smallest absolute Gasteiger partial charge is 0.191 e. The Morgan fingerprint density at radius 1 is 1.05 bits per heavy atom. The third-order valence-electron chi connectivity index (χ3n) is 3.62. The maximum atomic E-state index is 12.4. The number of hydrogen-bond donors (Lipinski definition) is 0. The van der Waals surface area contributed by atoms with Gasteiger partial charge in [-0.25, -0.2) is 0 Å². The lowest BCUT2D eigenvalue weighted by atomic mass is 10.1. The predicted octanol–water partition coefficient (Wildman–Crippen LogP) is 4.61. The molecule has 0 aliphatic carbocycles. The number of rotatable bonds is 5. The van der Waals surface area contributed by atoms with Crippen molar-refractivity contribution < 1.29 is 4.79 Å². The number of thiophene rings is 1. The van der Waals surface area contributed by atoms with Crippen LogP contribution in [-0.4, -0.2) is 18.9 Å². The van der Waals surface area contributed by atoms with Crippen molar-refractivity contribution in [2.45, 2.75) is 6.92 Å². The number of nitrogens with zero attached hydrogens (tertiary/aromatic N) is 1. The third kappa shape index (κ3) is 2.83. The fourth-order valence-electron chi connectivity index (χ4n) is 2.54. The van der Waals surface area contributed by atoms with Crippen LogP contribution in [0.2, 0.25) is 0 Å². The van der Waals surface area contributed by atoms with Crippen molar-refractivity contribution in [1.82, 2.24) is 0 Å². The van der Waals surface area contributed by atoms with Gasteiger partial charge in [0, 0.05) is 17.6 Å². The predicted molar refractivity (Wildman–Crippen MR) is 90.5 cm³/mol. The second kappa shape index (κ2) is 6.10. The number of ketones is 1. The SMILES string of the molecule is CCN(CC(=O)c1cccs1)c1cccc2ccccc12. The summed E-state index contributed by atoms with van der Waals surface area (Å²) in [5.74, 6) is 0.180. The van der Waals surface area contributed by atoms with E-state index >= 15 is 0 Å². The van der Waals surface area contributed by atoms with Gasteiger partial charge in [-0.2, -0.15) is 0 Å². The summed E-state index contributed by atoms with van der Waals surface area (Å²) in [5, 5.41) is 4.35. The van der Waals surface area contributed by atoms with Gasteiger partial charge in [-0.1, -0.05) is 42.5 Å². The lowest BCUT2D eigenvalue weighted by Gasteiger charge is -2.23. The van der Waals surface area contributed by atoms with Crippen molar-refractivity contribution >= 4 is 33.6 Å². The van der Waals surface area contributed by atoms with Crippen LogP contribution >= 0.6 is 11.3 Å². The minimum absolute atomic E-state index is 0.180. The Kier molecular flexibility index (Phi) is 4.02. The number of hydrogen-bond acceptors (Lipinski definition) is 3. The summed E-state index contributed by atoms with van der Waals surface area (Å²) in [6.45, 7) is 3.32. The number of Topliss-reactive ketones (excluding diaryl/α,β-unsaturated/α-hetero) is 1. The van der Waals surface area contributed by atoms with Crippen molar-refractivity contribution in [2.24, 2.45) is 0 Å². The van der Waals surface area contributed by atoms with Gasteiger partial charge in [0.2, 0.25) is 0 Å². The highest BCUT2D eigenvalue weighted by atomic mass is 32.1. The van der Waals surface area contributed by atoms with Crippen molar-refractivity contribution in [3.05, 3.63) is 64.9 Å². The highest BCUT2D eigenvalue weighted by Gasteiger charge is 2.14. The molecular weight excluding hydrogens is 278 g/mol. The Balaban J connectivity index is 1.93. The van der Waals surface area contributed by atoms with E-state index in [2.05, 4.69) is 42.2 Å². The van der Waals surface area contributed by atoms with Gasteiger partial charge in [-0.3, -0.25) is 4.79 Å². The average molecular weight is 295 g/mol. The number of benzene rings is 2. The number of carbonyl (C=O) groups excluding carboxylic acids is 1. The van der Waals surface area contributed by atoms with Crippen LogP contribution in [0.3, 0.4) is 0 Å². The lowest BCUT2D eigenvalue weighted by Crippen LogP contribution is -2.29. The lowest BCUT2D eigenvalue weighted by molar-refractivity contribution is 0.100. The van der Waals surface area contributed by atoms with Crippen LogP contribution in [0.25, 0.3) is 10.8 Å². The maximum absolute atomic E-state index is 12.4. The molecule has 3 rings (SSSR count). The van der Waals surface area contributed by atoms with Gasteiger partial charge in [-0.05, 0) is 29.8 Å². The largest absolute Gasteiger partial charge is 0.364 e. The zero-order valence-electron chi connectivity index (χ0n) is 12.0. The highest BCUT2D eigenvalue weighted by molar-refractivity contribution is 7.12. The molecule has 0 aliphatic heterocycles. The summed E-state index contributed by atoms with van der Waals surface area (Å²) in [5.41, 5.74) is 1.13. The number of likely N-dealkylation sites (N-methyl/N-ethyl adjacent to an activating group) is 1. The fourth-order valence-corrected chi connectivity index (χ4v) is 3.20. The molecule has 0 bridgehead atoms. The Morgan fingerprint density at radius 2 is 1.86 bits per heavy atom. The zero-order valence-corrected chi connectivity index (χ0v) is 12.8. The minimum atomic E-state index is 0.180. The molecule has 1 heterocycles. The molecule has 3 heteroatoms. The molecule has 0 amide bonds. The van der Waals surface area contributed by atoms with E-state index in [9.17, 15) is 4.79 Å². The summed E-state index contributed by atoms with van der Waals surface area (Å²) in [6.07, 6.45) is 0. The van der Waals surface area contributed by atoms with Crippen LogP contribution in [0.5, 0.6) is 0 Å². The van der Waals surface area contributed by atoms with E-state index in [1.165, 1.54) is 22.1 Å². The van der Waals surface area contributed by atoms with Gasteiger partial charge < -0.3 is 4.90 Å². The van der Waals surface area contributed by atoms with Crippen molar-refractivity contribution in [2.75, 3.05) is 18.0 Å². The van der Waals surface area contributed by atoms with E-state index in [4.69, 9.17) is 0 Å². The van der Waals surface area contributed by atoms with Crippen molar-refractivity contribution in [3.63, 3.8) is 0 Å². The molecule has 0 radical (unpaired) electrons. The van der Waals surface area contributed by atoms with E-state index in [1.54, 1.807) is 0 Å². The van der Waals surface area contributed by atoms with Crippen LogP contribution < -0.4 is 4.90 Å². The van der Waals surface area contributed by atoms with Gasteiger partial charge in [0.05, 0.1) is 11.4 Å². The fraction of sp³-hybridized carbons (Fsp3) is 0.167. The topological polar surface area (TPSA) is 20.3 Å². The molecule has 106 valence electrons. The van der Waals surface area contributed by atoms with Gasteiger partial charge in [-0.15, -0.1) is 11.3 Å². The van der Waals surface area contributed by atoms with E-state index < -0.39 is 0 Å². The van der Waals surface area contributed by atoms with E-state index in [1.807, 2.05) is 29.6 Å². The Morgan fingerprint density at radius 3 is 2.62 bits per heavy atom. The molecular formula is C18H17NOS. The summed E-state index contributed by atoms with van der Waals surface area (Å²) in [4.78, 5) is 15.3. The highest BCUT2D eigenvalue weighted by Crippen LogP contribution is 2.27. The summed E-state index contributed by atoms with van der Waals surface area (Å²) >= 11 is 1.51. The molecule has 0 saturated heterocycles. The number of anilines is 1. The maximum Gasteiger partial charge on any atom is 0.191 e. The van der Waals surface area contributed by atoms with Crippen molar-refractivity contribution in [1.29, 1.82) is 0 Å². The van der Waals surface area contributed by atoms with Gasteiger partial charge in [0.25, 0.3) is 0 Å². The van der Waals surface area contributed by atoms with E-state index in [0.29, 0.717) is 6.54 Å².